The standard InChI is InChI=1S/C21H25NO5/c1-4-19(22-26-14-15-6-10-17(25-3)11-7-15)16-8-12-18(13-9-16)27-20(5-2)21(23)24/h6-13,20H,4-5,14H2,1-3H3,(H,23,24)/b22-19+. The van der Waals surface area contributed by atoms with Crippen LogP contribution in [-0.4, -0.2) is 30.0 Å². The molecule has 0 radical (unpaired) electrons. The van der Waals surface area contributed by atoms with Crippen LogP contribution >= 0.6 is 0 Å². The minimum Gasteiger partial charge on any atom is -0.497 e. The Labute approximate surface area is 159 Å². The van der Waals surface area contributed by atoms with Crippen LogP contribution in [0.25, 0.3) is 0 Å². The molecule has 2 aromatic rings. The molecule has 0 fully saturated rings. The van der Waals surface area contributed by atoms with Crippen molar-refractivity contribution in [3.63, 3.8) is 0 Å². The fraction of sp³-hybridized carbons (Fsp3) is 0.333. The highest BCUT2D eigenvalue weighted by Gasteiger charge is 2.16. The topological polar surface area (TPSA) is 77.3 Å². The Bertz CT molecular complexity index is 753. The first-order chi connectivity index (χ1) is 13.1. The summed E-state index contributed by atoms with van der Waals surface area (Å²) in [5.41, 5.74) is 2.71. The number of hydrogen-bond donors (Lipinski definition) is 1. The van der Waals surface area contributed by atoms with Gasteiger partial charge in [-0.15, -0.1) is 0 Å². The average Bonchev–Trinajstić information content (AvgIpc) is 2.70. The molecule has 2 aromatic carbocycles. The molecule has 1 N–H and O–H groups in total. The number of benzene rings is 2. The van der Waals surface area contributed by atoms with Crippen molar-refractivity contribution in [2.45, 2.75) is 39.4 Å². The van der Waals surface area contributed by atoms with Gasteiger partial charge in [0.25, 0.3) is 0 Å². The Kier molecular flexibility index (Phi) is 7.67. The van der Waals surface area contributed by atoms with E-state index in [1.165, 1.54) is 0 Å². The van der Waals surface area contributed by atoms with Gasteiger partial charge in [0.2, 0.25) is 0 Å². The van der Waals surface area contributed by atoms with Gasteiger partial charge in [0.05, 0.1) is 12.8 Å². The summed E-state index contributed by atoms with van der Waals surface area (Å²) in [6.45, 7) is 4.14. The third-order valence-electron chi connectivity index (χ3n) is 4.01. The van der Waals surface area contributed by atoms with Crippen LogP contribution < -0.4 is 9.47 Å². The van der Waals surface area contributed by atoms with Crippen LogP contribution in [0.15, 0.2) is 53.7 Å². The van der Waals surface area contributed by atoms with Crippen molar-refractivity contribution in [1.29, 1.82) is 0 Å². The van der Waals surface area contributed by atoms with Gasteiger partial charge in [-0.3, -0.25) is 0 Å². The number of carboxylic acids is 1. The number of carboxylic acid groups (broad SMARTS) is 1. The SMILES string of the molecule is CC/C(=N\OCc1ccc(OC)cc1)c1ccc(OC(CC)C(=O)O)cc1. The van der Waals surface area contributed by atoms with Crippen molar-refractivity contribution in [3.8, 4) is 11.5 Å². The number of methoxy groups -OCH3 is 1. The summed E-state index contributed by atoms with van der Waals surface area (Å²) in [6.07, 6.45) is 0.260. The van der Waals surface area contributed by atoms with E-state index in [-0.39, 0.29) is 0 Å². The van der Waals surface area contributed by atoms with Crippen LogP contribution in [0.3, 0.4) is 0 Å². The van der Waals surface area contributed by atoms with Gasteiger partial charge in [0, 0.05) is 0 Å². The summed E-state index contributed by atoms with van der Waals surface area (Å²) < 4.78 is 10.6. The Morgan fingerprint density at radius 3 is 2.19 bits per heavy atom. The zero-order valence-corrected chi connectivity index (χ0v) is 15.8. The highest BCUT2D eigenvalue weighted by Crippen LogP contribution is 2.17. The molecule has 0 saturated heterocycles. The smallest absolute Gasteiger partial charge is 0.344 e. The predicted octanol–water partition coefficient (Wildman–Crippen LogP) is 4.27. The molecule has 0 aliphatic carbocycles. The van der Waals surface area contributed by atoms with Crippen LogP contribution in [0.1, 0.15) is 37.8 Å². The number of rotatable bonds is 10. The van der Waals surface area contributed by atoms with E-state index in [0.29, 0.717) is 25.2 Å². The number of ether oxygens (including phenoxy) is 2. The number of hydrogen-bond acceptors (Lipinski definition) is 5. The van der Waals surface area contributed by atoms with Gasteiger partial charge >= 0.3 is 5.97 Å². The third-order valence-corrected chi connectivity index (χ3v) is 4.01. The number of carbonyl (C=O) groups is 1. The molecule has 27 heavy (non-hydrogen) atoms. The molecule has 1 atom stereocenters. The van der Waals surface area contributed by atoms with E-state index in [2.05, 4.69) is 5.16 Å². The first-order valence-electron chi connectivity index (χ1n) is 8.89. The number of aliphatic carboxylic acids is 1. The van der Waals surface area contributed by atoms with E-state index < -0.39 is 12.1 Å². The summed E-state index contributed by atoms with van der Waals surface area (Å²) in [4.78, 5) is 16.5. The maximum Gasteiger partial charge on any atom is 0.344 e. The molecular weight excluding hydrogens is 346 g/mol. The summed E-state index contributed by atoms with van der Waals surface area (Å²) in [7, 11) is 1.63. The zero-order valence-electron chi connectivity index (χ0n) is 15.8. The third kappa shape index (κ3) is 6.02. The lowest BCUT2D eigenvalue weighted by atomic mass is 10.1. The average molecular weight is 371 g/mol. The molecule has 0 aliphatic rings. The van der Waals surface area contributed by atoms with Crippen LogP contribution in [0.2, 0.25) is 0 Å². The number of nitrogens with zero attached hydrogens (tertiary/aromatic N) is 1. The minimum absolute atomic E-state index is 0.367. The Morgan fingerprint density at radius 1 is 1.04 bits per heavy atom. The van der Waals surface area contributed by atoms with Crippen molar-refractivity contribution >= 4 is 11.7 Å². The van der Waals surface area contributed by atoms with Crippen LogP contribution in [0.4, 0.5) is 0 Å². The quantitative estimate of drug-likeness (QED) is 0.498. The molecule has 0 heterocycles. The second-order valence-corrected chi connectivity index (χ2v) is 5.89. The molecule has 0 aromatic heterocycles. The largest absolute Gasteiger partial charge is 0.497 e. The Hall–Kier alpha value is -3.02. The molecule has 2 rings (SSSR count). The van der Waals surface area contributed by atoms with Gasteiger partial charge in [-0.05, 0) is 60.4 Å². The van der Waals surface area contributed by atoms with Crippen molar-refractivity contribution in [1.82, 2.24) is 0 Å². The summed E-state index contributed by atoms with van der Waals surface area (Å²) in [6, 6.07) is 14.8. The van der Waals surface area contributed by atoms with E-state index in [1.54, 1.807) is 26.2 Å². The molecule has 6 nitrogen and oxygen atoms in total. The number of oxime groups is 1. The van der Waals surface area contributed by atoms with Gasteiger partial charge in [-0.2, -0.15) is 0 Å². The van der Waals surface area contributed by atoms with Gasteiger partial charge in [-0.1, -0.05) is 31.1 Å². The lowest BCUT2D eigenvalue weighted by Crippen LogP contribution is -2.25. The molecule has 0 spiro atoms. The molecule has 1 unspecified atom stereocenters. The summed E-state index contributed by atoms with van der Waals surface area (Å²) in [5.74, 6) is 0.346. The minimum atomic E-state index is -0.968. The van der Waals surface area contributed by atoms with Gasteiger partial charge < -0.3 is 19.4 Å². The van der Waals surface area contributed by atoms with Gasteiger partial charge in [-0.25, -0.2) is 4.79 Å². The first kappa shape index (κ1) is 20.3. The van der Waals surface area contributed by atoms with Crippen molar-refractivity contribution < 1.29 is 24.2 Å². The van der Waals surface area contributed by atoms with E-state index in [1.807, 2.05) is 43.3 Å². The second kappa shape index (κ2) is 10.2. The fourth-order valence-electron chi connectivity index (χ4n) is 2.43. The zero-order chi connectivity index (χ0) is 19.6. The van der Waals surface area contributed by atoms with E-state index >= 15 is 0 Å². The normalized spacial score (nSPS) is 12.3. The van der Waals surface area contributed by atoms with Crippen LogP contribution in [-0.2, 0) is 16.2 Å². The van der Waals surface area contributed by atoms with Gasteiger partial charge in [0.15, 0.2) is 6.10 Å². The lowest BCUT2D eigenvalue weighted by Gasteiger charge is -2.13. The molecular formula is C21H25NO5. The summed E-state index contributed by atoms with van der Waals surface area (Å²) in [5, 5.41) is 13.3. The van der Waals surface area contributed by atoms with E-state index in [4.69, 9.17) is 19.4 Å². The molecule has 0 aliphatic heterocycles. The molecule has 0 saturated carbocycles. The molecule has 6 heteroatoms. The predicted molar refractivity (Wildman–Crippen MR) is 103 cm³/mol. The maximum absolute atomic E-state index is 11.1. The molecule has 0 amide bonds. The Morgan fingerprint density at radius 2 is 1.67 bits per heavy atom. The maximum atomic E-state index is 11.1. The summed E-state index contributed by atoms with van der Waals surface area (Å²) >= 11 is 0. The van der Waals surface area contributed by atoms with Crippen molar-refractivity contribution in [3.05, 3.63) is 59.7 Å². The highest BCUT2D eigenvalue weighted by atomic mass is 16.6. The lowest BCUT2D eigenvalue weighted by molar-refractivity contribution is -0.145. The van der Waals surface area contributed by atoms with Gasteiger partial charge in [0.1, 0.15) is 18.1 Å². The molecule has 144 valence electrons. The highest BCUT2D eigenvalue weighted by molar-refractivity contribution is 6.00. The first-order valence-corrected chi connectivity index (χ1v) is 8.89. The Balaban J connectivity index is 1.98. The van der Waals surface area contributed by atoms with Crippen molar-refractivity contribution in [2.24, 2.45) is 5.16 Å². The molecule has 0 bridgehead atoms. The van der Waals surface area contributed by atoms with Crippen molar-refractivity contribution in [2.75, 3.05) is 7.11 Å². The second-order valence-electron chi connectivity index (χ2n) is 5.89. The fourth-order valence-corrected chi connectivity index (χ4v) is 2.43. The van der Waals surface area contributed by atoms with E-state index in [0.717, 1.165) is 22.6 Å². The monoisotopic (exact) mass is 371 g/mol. The van der Waals surface area contributed by atoms with E-state index in [9.17, 15) is 4.79 Å². The van der Waals surface area contributed by atoms with Crippen LogP contribution in [0.5, 0.6) is 11.5 Å². The van der Waals surface area contributed by atoms with Crippen LogP contribution in [0, 0.1) is 0 Å².